The second-order valence-corrected chi connectivity index (χ2v) is 8.74. The summed E-state index contributed by atoms with van der Waals surface area (Å²) >= 11 is 3.04. The van der Waals surface area contributed by atoms with Gasteiger partial charge in [-0.3, -0.25) is 10.7 Å². The molecule has 1 aromatic heterocycles. The predicted molar refractivity (Wildman–Crippen MR) is 102 cm³/mol. The van der Waals surface area contributed by atoms with Crippen molar-refractivity contribution in [2.75, 3.05) is 25.0 Å². The van der Waals surface area contributed by atoms with E-state index < -0.39 is 21.6 Å². The van der Waals surface area contributed by atoms with Crippen LogP contribution >= 0.6 is 15.9 Å². The highest BCUT2D eigenvalue weighted by atomic mass is 79.9. The van der Waals surface area contributed by atoms with Crippen LogP contribution in [0.3, 0.4) is 0 Å². The summed E-state index contributed by atoms with van der Waals surface area (Å²) in [7, 11) is -3.91. The second-order valence-electron chi connectivity index (χ2n) is 6.34. The summed E-state index contributed by atoms with van der Waals surface area (Å²) in [5.74, 6) is -0.600. The van der Waals surface area contributed by atoms with Crippen molar-refractivity contribution in [2.45, 2.75) is 12.0 Å². The standard InChI is InChI=1S/C14H17BrFN7O5S/c15-9-5-8(1-2-10(9)16)19-13(20-25)11-12(22-28-21-11)18-6-14(24)3-4-23(7-14)29(17,26)27/h1-2,5,24-25H,3-4,6-7H2,(H,18,22)(H,19,20)(H2,17,26,27)/t14-/m1/s1. The van der Waals surface area contributed by atoms with Crippen LogP contribution in [0.2, 0.25) is 0 Å². The lowest BCUT2D eigenvalue weighted by atomic mass is 10.0. The Balaban J connectivity index is 1.76. The molecule has 6 N–H and O–H groups in total. The summed E-state index contributed by atoms with van der Waals surface area (Å²) in [5.41, 5.74) is 0.747. The molecule has 2 heterocycles. The zero-order valence-corrected chi connectivity index (χ0v) is 17.1. The fourth-order valence-corrected chi connectivity index (χ4v) is 3.84. The molecule has 2 aromatic rings. The smallest absolute Gasteiger partial charge is 0.277 e. The van der Waals surface area contributed by atoms with Crippen molar-refractivity contribution in [2.24, 2.45) is 10.1 Å². The largest absolute Gasteiger partial charge is 0.387 e. The normalized spacial score (nSPS) is 20.8. The van der Waals surface area contributed by atoms with E-state index in [0.717, 1.165) is 4.31 Å². The van der Waals surface area contributed by atoms with Gasteiger partial charge in [0.2, 0.25) is 5.82 Å². The Morgan fingerprint density at radius 1 is 1.48 bits per heavy atom. The third kappa shape index (κ3) is 5.06. The van der Waals surface area contributed by atoms with E-state index in [1.54, 1.807) is 0 Å². The maximum Gasteiger partial charge on any atom is 0.277 e. The molecule has 3 rings (SSSR count). The number of hydroxylamine groups is 1. The Morgan fingerprint density at radius 2 is 2.24 bits per heavy atom. The van der Waals surface area contributed by atoms with Crippen molar-refractivity contribution in [3.8, 4) is 0 Å². The first kappa shape index (κ1) is 21.5. The average Bonchev–Trinajstić information content (AvgIpc) is 3.28. The summed E-state index contributed by atoms with van der Waals surface area (Å²) in [6.07, 6.45) is 0.153. The fourth-order valence-electron chi connectivity index (χ4n) is 2.70. The van der Waals surface area contributed by atoms with E-state index in [1.165, 1.54) is 18.2 Å². The topological polar surface area (TPSA) is 179 Å². The maximum absolute atomic E-state index is 13.4. The van der Waals surface area contributed by atoms with Crippen LogP contribution in [0.4, 0.5) is 15.9 Å². The number of rotatable bonds is 6. The quantitative estimate of drug-likeness (QED) is 0.211. The molecule has 1 aliphatic rings. The lowest BCUT2D eigenvalue weighted by Gasteiger charge is -2.22. The average molecular weight is 494 g/mol. The van der Waals surface area contributed by atoms with Gasteiger partial charge in [0, 0.05) is 19.6 Å². The zero-order chi connectivity index (χ0) is 21.2. The fraction of sp³-hybridized carbons (Fsp3) is 0.357. The Bertz CT molecular complexity index is 1030. The minimum absolute atomic E-state index is 0.0159. The Kier molecular flexibility index (Phi) is 6.16. The van der Waals surface area contributed by atoms with Gasteiger partial charge in [-0.25, -0.2) is 19.2 Å². The van der Waals surface area contributed by atoms with E-state index in [1.807, 2.05) is 5.48 Å². The predicted octanol–water partition coefficient (Wildman–Crippen LogP) is 0.0805. The van der Waals surface area contributed by atoms with Gasteiger partial charge in [-0.15, -0.1) is 0 Å². The van der Waals surface area contributed by atoms with Gasteiger partial charge in [-0.05, 0) is 50.9 Å². The van der Waals surface area contributed by atoms with Crippen LogP contribution in [-0.4, -0.2) is 64.4 Å². The molecule has 0 unspecified atom stereocenters. The van der Waals surface area contributed by atoms with Crippen molar-refractivity contribution in [1.82, 2.24) is 20.1 Å². The number of β-amino-alcohol motifs (C(OH)–C–C–N with tert-alkyl or cyclic N) is 1. The molecule has 1 fully saturated rings. The molecule has 0 radical (unpaired) electrons. The summed E-state index contributed by atoms with van der Waals surface area (Å²) in [6.45, 7) is -0.214. The number of nitrogens with one attached hydrogen (secondary N) is 2. The highest BCUT2D eigenvalue weighted by molar-refractivity contribution is 9.10. The molecule has 1 aromatic carbocycles. The Morgan fingerprint density at radius 3 is 2.86 bits per heavy atom. The van der Waals surface area contributed by atoms with E-state index in [0.29, 0.717) is 5.69 Å². The number of nitrogens with zero attached hydrogens (tertiary/aromatic N) is 4. The summed E-state index contributed by atoms with van der Waals surface area (Å²) in [6, 6.07) is 3.95. The number of nitrogens with two attached hydrogens (primary N) is 1. The molecule has 15 heteroatoms. The van der Waals surface area contributed by atoms with Crippen LogP contribution in [0.15, 0.2) is 32.3 Å². The number of hydrogen-bond donors (Lipinski definition) is 5. The van der Waals surface area contributed by atoms with Gasteiger partial charge < -0.3 is 10.4 Å². The minimum atomic E-state index is -3.91. The number of anilines is 1. The van der Waals surface area contributed by atoms with Gasteiger partial charge in [-0.1, -0.05) is 0 Å². The number of aromatic nitrogens is 2. The third-order valence-electron chi connectivity index (χ3n) is 4.20. The molecule has 1 saturated heterocycles. The van der Waals surface area contributed by atoms with Gasteiger partial charge in [0.05, 0.1) is 15.8 Å². The lowest BCUT2D eigenvalue weighted by Crippen LogP contribution is -2.43. The van der Waals surface area contributed by atoms with Crippen molar-refractivity contribution < 1.29 is 27.8 Å². The van der Waals surface area contributed by atoms with E-state index in [2.05, 4.69) is 41.2 Å². The van der Waals surface area contributed by atoms with Crippen molar-refractivity contribution in [1.29, 1.82) is 0 Å². The third-order valence-corrected chi connectivity index (χ3v) is 5.84. The van der Waals surface area contributed by atoms with Crippen LogP contribution < -0.4 is 15.9 Å². The minimum Gasteiger partial charge on any atom is -0.387 e. The zero-order valence-electron chi connectivity index (χ0n) is 14.7. The van der Waals surface area contributed by atoms with E-state index >= 15 is 0 Å². The molecule has 1 atom stereocenters. The highest BCUT2D eigenvalue weighted by Gasteiger charge is 2.40. The summed E-state index contributed by atoms with van der Waals surface area (Å²) in [4.78, 5) is 4.11. The van der Waals surface area contributed by atoms with Crippen LogP contribution in [0.1, 0.15) is 12.1 Å². The molecule has 0 saturated carbocycles. The first-order valence-electron chi connectivity index (χ1n) is 8.12. The van der Waals surface area contributed by atoms with Crippen LogP contribution in [0, 0.1) is 5.82 Å². The Hall–Kier alpha value is -2.17. The van der Waals surface area contributed by atoms with E-state index in [9.17, 15) is 23.1 Å². The number of aliphatic imine (C=N–C) groups is 1. The first-order chi connectivity index (χ1) is 13.6. The molecule has 158 valence electrons. The maximum atomic E-state index is 13.4. The summed E-state index contributed by atoms with van der Waals surface area (Å²) in [5, 5.41) is 35.2. The number of aliphatic hydroxyl groups is 1. The van der Waals surface area contributed by atoms with Gasteiger partial charge in [0.15, 0.2) is 11.5 Å². The van der Waals surface area contributed by atoms with Crippen LogP contribution in [0.25, 0.3) is 0 Å². The van der Waals surface area contributed by atoms with E-state index in [-0.39, 0.29) is 47.9 Å². The van der Waals surface area contributed by atoms with Gasteiger partial charge in [0.1, 0.15) is 5.82 Å². The van der Waals surface area contributed by atoms with E-state index in [4.69, 9.17) is 5.14 Å². The molecule has 29 heavy (non-hydrogen) atoms. The molecule has 0 bridgehead atoms. The van der Waals surface area contributed by atoms with Gasteiger partial charge in [0.25, 0.3) is 10.2 Å². The Labute approximate surface area is 172 Å². The molecule has 1 aliphatic heterocycles. The SMILES string of the molecule is NS(=O)(=O)N1CC[C@@](O)(CNc2nonc2C(=Nc2ccc(F)c(Br)c2)NO)C1. The van der Waals surface area contributed by atoms with Crippen molar-refractivity contribution in [3.63, 3.8) is 0 Å². The number of hydrogen-bond acceptors (Lipinski definition) is 9. The summed E-state index contributed by atoms with van der Waals surface area (Å²) < 4.78 is 42.0. The van der Waals surface area contributed by atoms with Crippen LogP contribution in [0.5, 0.6) is 0 Å². The van der Waals surface area contributed by atoms with Gasteiger partial charge in [-0.2, -0.15) is 12.7 Å². The number of amidine groups is 1. The van der Waals surface area contributed by atoms with Crippen molar-refractivity contribution >= 4 is 43.5 Å². The lowest BCUT2D eigenvalue weighted by molar-refractivity contribution is 0.0694. The highest BCUT2D eigenvalue weighted by Crippen LogP contribution is 2.25. The number of benzene rings is 1. The van der Waals surface area contributed by atoms with Gasteiger partial charge >= 0.3 is 0 Å². The molecule has 0 spiro atoms. The molecular formula is C14H17BrFN7O5S. The molecule has 0 aliphatic carbocycles. The van der Waals surface area contributed by atoms with Crippen LogP contribution in [-0.2, 0) is 10.2 Å². The first-order valence-corrected chi connectivity index (χ1v) is 10.4. The molecule has 12 nitrogen and oxygen atoms in total. The van der Waals surface area contributed by atoms with Crippen molar-refractivity contribution in [3.05, 3.63) is 34.2 Å². The molecular weight excluding hydrogens is 477 g/mol. The monoisotopic (exact) mass is 493 g/mol. The number of halogens is 2. The molecule has 0 amide bonds. The second kappa shape index (κ2) is 8.29.